The zero-order valence-electron chi connectivity index (χ0n) is 11.8. The zero-order chi connectivity index (χ0) is 16.2. The Bertz CT molecular complexity index is 878. The zero-order valence-corrected chi connectivity index (χ0v) is 14.2. The van der Waals surface area contributed by atoms with Gasteiger partial charge in [-0.25, -0.2) is 9.78 Å². The van der Waals surface area contributed by atoms with Crippen molar-refractivity contribution in [1.29, 1.82) is 0 Å². The van der Waals surface area contributed by atoms with Crippen molar-refractivity contribution in [3.63, 3.8) is 0 Å². The van der Waals surface area contributed by atoms with Crippen LogP contribution in [0.5, 0.6) is 0 Å². The van der Waals surface area contributed by atoms with Gasteiger partial charge in [0.1, 0.15) is 0 Å². The van der Waals surface area contributed by atoms with Gasteiger partial charge in [0.15, 0.2) is 6.61 Å². The van der Waals surface area contributed by atoms with Crippen molar-refractivity contribution >= 4 is 55.0 Å². The SMILES string of the molecule is O=C(COC(=O)c1ccc2ncsc2c1)Nc1ccccc1Br. The van der Waals surface area contributed by atoms with Crippen LogP contribution in [-0.4, -0.2) is 23.5 Å². The lowest BCUT2D eigenvalue weighted by atomic mass is 10.2. The topological polar surface area (TPSA) is 68.3 Å². The molecule has 0 atom stereocenters. The van der Waals surface area contributed by atoms with Crippen LogP contribution in [0.15, 0.2) is 52.4 Å². The molecule has 0 aliphatic heterocycles. The Hall–Kier alpha value is -2.25. The molecule has 0 radical (unpaired) electrons. The maximum absolute atomic E-state index is 12.0. The van der Waals surface area contributed by atoms with Gasteiger partial charge < -0.3 is 10.1 Å². The minimum absolute atomic E-state index is 0.346. The highest BCUT2D eigenvalue weighted by Crippen LogP contribution is 2.21. The van der Waals surface area contributed by atoms with Crippen LogP contribution in [0.1, 0.15) is 10.4 Å². The molecule has 3 aromatic rings. The van der Waals surface area contributed by atoms with E-state index in [-0.39, 0.29) is 6.61 Å². The predicted molar refractivity (Wildman–Crippen MR) is 92.7 cm³/mol. The van der Waals surface area contributed by atoms with Crippen LogP contribution < -0.4 is 5.32 Å². The van der Waals surface area contributed by atoms with E-state index in [2.05, 4.69) is 26.2 Å². The number of para-hydroxylation sites is 1. The van der Waals surface area contributed by atoms with Crippen LogP contribution in [0.25, 0.3) is 10.2 Å². The number of amides is 1. The first kappa shape index (κ1) is 15.6. The van der Waals surface area contributed by atoms with Gasteiger partial charge in [-0.05, 0) is 46.3 Å². The molecule has 1 N–H and O–H groups in total. The van der Waals surface area contributed by atoms with Crippen LogP contribution in [0.3, 0.4) is 0 Å². The van der Waals surface area contributed by atoms with E-state index in [0.717, 1.165) is 14.7 Å². The van der Waals surface area contributed by atoms with E-state index < -0.39 is 11.9 Å². The number of carbonyl (C=O) groups excluding carboxylic acids is 2. The summed E-state index contributed by atoms with van der Waals surface area (Å²) >= 11 is 4.78. The monoisotopic (exact) mass is 390 g/mol. The van der Waals surface area contributed by atoms with Crippen molar-refractivity contribution in [2.45, 2.75) is 0 Å². The Morgan fingerprint density at radius 1 is 1.22 bits per heavy atom. The molecule has 0 aliphatic rings. The van der Waals surface area contributed by atoms with E-state index >= 15 is 0 Å². The molecule has 2 aromatic carbocycles. The summed E-state index contributed by atoms with van der Waals surface area (Å²) in [6.07, 6.45) is 0. The van der Waals surface area contributed by atoms with Crippen molar-refractivity contribution in [1.82, 2.24) is 4.98 Å². The molecule has 0 spiro atoms. The van der Waals surface area contributed by atoms with Gasteiger partial charge in [-0.1, -0.05) is 12.1 Å². The summed E-state index contributed by atoms with van der Waals surface area (Å²) in [5.74, 6) is -0.938. The normalized spacial score (nSPS) is 10.5. The number of esters is 1. The number of carbonyl (C=O) groups is 2. The number of rotatable bonds is 4. The standard InChI is InChI=1S/C16H11BrN2O3S/c17-11-3-1-2-4-12(11)19-15(20)8-22-16(21)10-5-6-13-14(7-10)23-9-18-13/h1-7,9H,8H2,(H,19,20). The lowest BCUT2D eigenvalue weighted by molar-refractivity contribution is -0.119. The van der Waals surface area contributed by atoms with Crippen LogP contribution in [0.2, 0.25) is 0 Å². The molecule has 0 fully saturated rings. The molecule has 0 saturated carbocycles. The van der Waals surface area contributed by atoms with Crippen molar-refractivity contribution in [3.05, 3.63) is 58.0 Å². The van der Waals surface area contributed by atoms with Gasteiger partial charge in [-0.2, -0.15) is 0 Å². The first-order chi connectivity index (χ1) is 11.1. The molecule has 1 amide bonds. The molecule has 3 rings (SSSR count). The number of nitrogens with zero attached hydrogens (tertiary/aromatic N) is 1. The fourth-order valence-electron chi connectivity index (χ4n) is 1.95. The van der Waals surface area contributed by atoms with E-state index in [1.165, 1.54) is 11.3 Å². The molecule has 0 unspecified atom stereocenters. The fourth-order valence-corrected chi connectivity index (χ4v) is 3.05. The summed E-state index contributed by atoms with van der Waals surface area (Å²) in [6, 6.07) is 12.3. The van der Waals surface area contributed by atoms with Crippen molar-refractivity contribution in [3.8, 4) is 0 Å². The number of halogens is 1. The molecule has 116 valence electrons. The second-order valence-electron chi connectivity index (χ2n) is 4.64. The summed E-state index contributed by atoms with van der Waals surface area (Å²) in [5.41, 5.74) is 3.57. The fraction of sp³-hybridized carbons (Fsp3) is 0.0625. The molecule has 5 nitrogen and oxygen atoms in total. The van der Waals surface area contributed by atoms with Gasteiger partial charge in [-0.15, -0.1) is 11.3 Å². The maximum atomic E-state index is 12.0. The van der Waals surface area contributed by atoms with Gasteiger partial charge in [0, 0.05) is 4.47 Å². The Balaban J connectivity index is 1.60. The molecule has 1 aromatic heterocycles. The van der Waals surface area contributed by atoms with Gasteiger partial charge in [0.2, 0.25) is 0 Å². The smallest absolute Gasteiger partial charge is 0.338 e. The third kappa shape index (κ3) is 3.75. The summed E-state index contributed by atoms with van der Waals surface area (Å²) < 4.78 is 6.71. The highest BCUT2D eigenvalue weighted by Gasteiger charge is 2.12. The number of anilines is 1. The van der Waals surface area contributed by atoms with E-state index in [1.54, 1.807) is 35.8 Å². The number of aromatic nitrogens is 1. The van der Waals surface area contributed by atoms with Gasteiger partial charge in [0.05, 0.1) is 27.0 Å². The molecular weight excluding hydrogens is 380 g/mol. The molecule has 7 heteroatoms. The Morgan fingerprint density at radius 3 is 2.87 bits per heavy atom. The minimum atomic E-state index is -0.539. The number of nitrogens with one attached hydrogen (secondary N) is 1. The number of hydrogen-bond acceptors (Lipinski definition) is 5. The van der Waals surface area contributed by atoms with Crippen molar-refractivity contribution < 1.29 is 14.3 Å². The molecule has 0 aliphatic carbocycles. The van der Waals surface area contributed by atoms with Gasteiger partial charge in [-0.3, -0.25) is 4.79 Å². The first-order valence-electron chi connectivity index (χ1n) is 6.68. The lowest BCUT2D eigenvalue weighted by Crippen LogP contribution is -2.21. The van der Waals surface area contributed by atoms with Crippen LogP contribution in [-0.2, 0) is 9.53 Å². The second-order valence-corrected chi connectivity index (χ2v) is 6.38. The lowest BCUT2D eigenvalue weighted by Gasteiger charge is -2.08. The first-order valence-corrected chi connectivity index (χ1v) is 8.35. The number of hydrogen-bond donors (Lipinski definition) is 1. The maximum Gasteiger partial charge on any atom is 0.338 e. The van der Waals surface area contributed by atoms with Gasteiger partial charge in [0.25, 0.3) is 5.91 Å². The number of fused-ring (bicyclic) bond motifs is 1. The van der Waals surface area contributed by atoms with E-state index in [0.29, 0.717) is 11.3 Å². The molecule has 0 saturated heterocycles. The largest absolute Gasteiger partial charge is 0.452 e. The summed E-state index contributed by atoms with van der Waals surface area (Å²) in [7, 11) is 0. The Kier molecular flexibility index (Phi) is 4.68. The molecule has 1 heterocycles. The van der Waals surface area contributed by atoms with Crippen LogP contribution >= 0.6 is 27.3 Å². The predicted octanol–water partition coefficient (Wildman–Crippen LogP) is 3.85. The Morgan fingerprint density at radius 2 is 2.04 bits per heavy atom. The number of benzene rings is 2. The summed E-state index contributed by atoms with van der Waals surface area (Å²) in [5, 5.41) is 2.67. The number of thiazole rings is 1. The number of ether oxygens (including phenoxy) is 1. The highest BCUT2D eigenvalue weighted by atomic mass is 79.9. The minimum Gasteiger partial charge on any atom is -0.452 e. The van der Waals surface area contributed by atoms with Crippen LogP contribution in [0.4, 0.5) is 5.69 Å². The van der Waals surface area contributed by atoms with Crippen LogP contribution in [0, 0.1) is 0 Å². The van der Waals surface area contributed by atoms with Crippen molar-refractivity contribution in [2.24, 2.45) is 0 Å². The molecule has 23 heavy (non-hydrogen) atoms. The molecular formula is C16H11BrN2O3S. The highest BCUT2D eigenvalue weighted by molar-refractivity contribution is 9.10. The third-order valence-electron chi connectivity index (χ3n) is 3.05. The molecule has 0 bridgehead atoms. The van der Waals surface area contributed by atoms with Gasteiger partial charge >= 0.3 is 5.97 Å². The second kappa shape index (κ2) is 6.89. The quantitative estimate of drug-likeness (QED) is 0.686. The summed E-state index contributed by atoms with van der Waals surface area (Å²) in [4.78, 5) is 28.0. The van der Waals surface area contributed by atoms with E-state index in [9.17, 15) is 9.59 Å². The Labute approximate surface area is 144 Å². The van der Waals surface area contributed by atoms with E-state index in [4.69, 9.17) is 4.74 Å². The average Bonchev–Trinajstić information content (AvgIpc) is 3.02. The van der Waals surface area contributed by atoms with E-state index in [1.807, 2.05) is 12.1 Å². The third-order valence-corrected chi connectivity index (χ3v) is 4.53. The van der Waals surface area contributed by atoms with Crippen molar-refractivity contribution in [2.75, 3.05) is 11.9 Å². The average molecular weight is 391 g/mol. The summed E-state index contributed by atoms with van der Waals surface area (Å²) in [6.45, 7) is -0.346.